The highest BCUT2D eigenvalue weighted by atomic mass is 127. The van der Waals surface area contributed by atoms with Crippen molar-refractivity contribution in [3.63, 3.8) is 0 Å². The molecule has 0 aliphatic carbocycles. The molecule has 1 N–H and O–H groups in total. The number of halogens is 1. The van der Waals surface area contributed by atoms with E-state index in [1.165, 1.54) is 6.08 Å². The minimum absolute atomic E-state index is 0.0767. The molecule has 0 saturated carbocycles. The Bertz CT molecular complexity index is 551. The van der Waals surface area contributed by atoms with E-state index in [-0.39, 0.29) is 17.6 Å². The zero-order valence-corrected chi connectivity index (χ0v) is 15.3. The summed E-state index contributed by atoms with van der Waals surface area (Å²) in [6, 6.07) is 3.60. The van der Waals surface area contributed by atoms with E-state index >= 15 is 0 Å². The lowest BCUT2D eigenvalue weighted by atomic mass is 10.0. The van der Waals surface area contributed by atoms with E-state index in [0.717, 1.165) is 14.9 Å². The molecular formula is C16H22INO3. The first-order valence-electron chi connectivity index (χ1n) is 6.77. The van der Waals surface area contributed by atoms with Gasteiger partial charge in [0.05, 0.1) is 9.67 Å². The Morgan fingerprint density at radius 1 is 1.43 bits per heavy atom. The van der Waals surface area contributed by atoms with Crippen molar-refractivity contribution in [1.82, 2.24) is 4.90 Å². The predicted molar refractivity (Wildman–Crippen MR) is 93.3 cm³/mol. The van der Waals surface area contributed by atoms with Gasteiger partial charge in [-0.1, -0.05) is 0 Å². The van der Waals surface area contributed by atoms with E-state index in [1.807, 2.05) is 45.8 Å². The average molecular weight is 403 g/mol. The number of carbonyl (C=O) groups is 1. The minimum atomic E-state index is -0.358. The lowest BCUT2D eigenvalue weighted by molar-refractivity contribution is 0.0975. The summed E-state index contributed by atoms with van der Waals surface area (Å²) in [5.41, 5.74) is 1.30. The molecule has 0 spiro atoms. The standard InChI is InChI=1S/C16H22INO3/c1-10(2)21-15-8-11(3)12(9-13(15)17)16(20)14(19)6-7-18(4)5/h6,8-10,19H,7H2,1-5H3/b14-6-. The third-order valence-electron chi connectivity index (χ3n) is 2.77. The molecule has 0 unspecified atom stereocenters. The second-order valence-electron chi connectivity index (χ2n) is 5.44. The van der Waals surface area contributed by atoms with E-state index in [1.54, 1.807) is 6.07 Å². The molecule has 0 atom stereocenters. The van der Waals surface area contributed by atoms with Gasteiger partial charge in [-0.3, -0.25) is 4.79 Å². The lowest BCUT2D eigenvalue weighted by Crippen LogP contribution is -2.14. The summed E-state index contributed by atoms with van der Waals surface area (Å²) < 4.78 is 6.55. The van der Waals surface area contributed by atoms with Crippen molar-refractivity contribution in [3.8, 4) is 5.75 Å². The third kappa shape index (κ3) is 5.32. The number of hydrogen-bond acceptors (Lipinski definition) is 4. The first kappa shape index (κ1) is 18.0. The molecule has 0 aliphatic heterocycles. The maximum absolute atomic E-state index is 12.3. The van der Waals surface area contributed by atoms with E-state index in [2.05, 4.69) is 22.6 Å². The lowest BCUT2D eigenvalue weighted by Gasteiger charge is -2.14. The normalized spacial score (nSPS) is 12.1. The molecule has 116 valence electrons. The Hall–Kier alpha value is -1.08. The van der Waals surface area contributed by atoms with Crippen LogP contribution in [0.15, 0.2) is 24.0 Å². The number of likely N-dealkylation sites (N-methyl/N-ethyl adjacent to an activating group) is 1. The van der Waals surface area contributed by atoms with Gasteiger partial charge in [-0.05, 0) is 81.2 Å². The molecule has 1 aromatic rings. The van der Waals surface area contributed by atoms with E-state index < -0.39 is 0 Å². The molecule has 0 radical (unpaired) electrons. The molecule has 0 heterocycles. The molecule has 0 fully saturated rings. The highest BCUT2D eigenvalue weighted by Gasteiger charge is 2.17. The fraction of sp³-hybridized carbons (Fsp3) is 0.438. The van der Waals surface area contributed by atoms with Gasteiger partial charge in [0.2, 0.25) is 5.78 Å². The Labute approximate surface area is 139 Å². The smallest absolute Gasteiger partial charge is 0.227 e. The number of allylic oxidation sites excluding steroid dienone is 1. The van der Waals surface area contributed by atoms with Crippen molar-refractivity contribution < 1.29 is 14.6 Å². The first-order valence-corrected chi connectivity index (χ1v) is 7.85. The fourth-order valence-electron chi connectivity index (χ4n) is 1.74. The number of hydrogen-bond donors (Lipinski definition) is 1. The fourth-order valence-corrected chi connectivity index (χ4v) is 2.34. The van der Waals surface area contributed by atoms with Crippen LogP contribution >= 0.6 is 22.6 Å². The molecule has 5 heteroatoms. The summed E-state index contributed by atoms with van der Waals surface area (Å²) in [6.45, 7) is 6.28. The van der Waals surface area contributed by atoms with Crippen LogP contribution in [0.25, 0.3) is 0 Å². The average Bonchev–Trinajstić information content (AvgIpc) is 2.38. The largest absolute Gasteiger partial charge is 0.504 e. The molecule has 0 aromatic heterocycles. The van der Waals surface area contributed by atoms with Crippen molar-refractivity contribution in [3.05, 3.63) is 38.7 Å². The van der Waals surface area contributed by atoms with Crippen LogP contribution in [0, 0.1) is 10.5 Å². The number of ketones is 1. The highest BCUT2D eigenvalue weighted by molar-refractivity contribution is 14.1. The number of rotatable bonds is 6. The summed E-state index contributed by atoms with van der Waals surface area (Å²) in [5.74, 6) is 0.180. The van der Waals surface area contributed by atoms with E-state index in [0.29, 0.717) is 12.1 Å². The number of ether oxygens (including phenoxy) is 1. The van der Waals surface area contributed by atoms with E-state index in [9.17, 15) is 9.90 Å². The summed E-state index contributed by atoms with van der Waals surface area (Å²) in [5, 5.41) is 9.90. The number of aliphatic hydroxyl groups excluding tert-OH is 1. The van der Waals surface area contributed by atoms with Crippen LogP contribution in [-0.4, -0.2) is 42.5 Å². The molecule has 0 amide bonds. The van der Waals surface area contributed by atoms with Crippen molar-refractivity contribution in [1.29, 1.82) is 0 Å². The van der Waals surface area contributed by atoms with Crippen molar-refractivity contribution in [2.24, 2.45) is 0 Å². The molecular weight excluding hydrogens is 381 g/mol. The number of nitrogens with zero attached hydrogens (tertiary/aromatic N) is 1. The van der Waals surface area contributed by atoms with Crippen LogP contribution < -0.4 is 4.74 Å². The van der Waals surface area contributed by atoms with Gasteiger partial charge in [0.25, 0.3) is 0 Å². The SMILES string of the molecule is Cc1cc(OC(C)C)c(I)cc1C(=O)/C(O)=C/CN(C)C. The van der Waals surface area contributed by atoms with Gasteiger partial charge >= 0.3 is 0 Å². The molecule has 0 saturated heterocycles. The maximum atomic E-state index is 12.3. The Morgan fingerprint density at radius 2 is 2.05 bits per heavy atom. The molecule has 0 aliphatic rings. The van der Waals surface area contributed by atoms with Crippen LogP contribution in [0.4, 0.5) is 0 Å². The zero-order chi connectivity index (χ0) is 16.2. The molecule has 21 heavy (non-hydrogen) atoms. The number of carbonyl (C=O) groups excluding carboxylic acids is 1. The Morgan fingerprint density at radius 3 is 2.57 bits per heavy atom. The monoisotopic (exact) mass is 403 g/mol. The quantitative estimate of drug-likeness (QED) is 0.342. The predicted octanol–water partition coefficient (Wildman–Crippen LogP) is 3.57. The summed E-state index contributed by atoms with van der Waals surface area (Å²) in [4.78, 5) is 14.2. The van der Waals surface area contributed by atoms with Crippen LogP contribution in [0.1, 0.15) is 29.8 Å². The third-order valence-corrected chi connectivity index (χ3v) is 3.61. The summed E-state index contributed by atoms with van der Waals surface area (Å²) >= 11 is 2.14. The molecule has 1 aromatic carbocycles. The summed E-state index contributed by atoms with van der Waals surface area (Å²) in [7, 11) is 3.75. The molecule has 0 bridgehead atoms. The van der Waals surface area contributed by atoms with Gasteiger partial charge < -0.3 is 14.7 Å². The first-order chi connectivity index (χ1) is 9.72. The molecule has 4 nitrogen and oxygen atoms in total. The minimum Gasteiger partial charge on any atom is -0.504 e. The number of benzene rings is 1. The van der Waals surface area contributed by atoms with Gasteiger partial charge in [-0.25, -0.2) is 0 Å². The number of aliphatic hydroxyl groups is 1. The van der Waals surface area contributed by atoms with Crippen LogP contribution in [0.2, 0.25) is 0 Å². The van der Waals surface area contributed by atoms with Gasteiger partial charge in [-0.15, -0.1) is 0 Å². The highest BCUT2D eigenvalue weighted by Crippen LogP contribution is 2.27. The maximum Gasteiger partial charge on any atom is 0.227 e. The second kappa shape index (κ2) is 7.79. The van der Waals surface area contributed by atoms with Crippen LogP contribution in [0.5, 0.6) is 5.75 Å². The number of aryl methyl sites for hydroxylation is 1. The van der Waals surface area contributed by atoms with Gasteiger partial charge in [-0.2, -0.15) is 0 Å². The van der Waals surface area contributed by atoms with Gasteiger partial charge in [0.15, 0.2) is 5.76 Å². The van der Waals surface area contributed by atoms with Gasteiger partial charge in [0.1, 0.15) is 5.75 Å². The summed E-state index contributed by atoms with van der Waals surface area (Å²) in [6.07, 6.45) is 1.60. The van der Waals surface area contributed by atoms with Crippen LogP contribution in [-0.2, 0) is 0 Å². The second-order valence-corrected chi connectivity index (χ2v) is 6.61. The van der Waals surface area contributed by atoms with Crippen molar-refractivity contribution in [2.75, 3.05) is 20.6 Å². The van der Waals surface area contributed by atoms with Crippen LogP contribution in [0.3, 0.4) is 0 Å². The van der Waals surface area contributed by atoms with E-state index in [4.69, 9.17) is 4.74 Å². The number of Topliss-reactive ketones (excluding diaryl/α,β-unsaturated/α-hetero) is 1. The van der Waals surface area contributed by atoms with Crippen molar-refractivity contribution >= 4 is 28.4 Å². The van der Waals surface area contributed by atoms with Crippen molar-refractivity contribution in [2.45, 2.75) is 26.9 Å². The Balaban J connectivity index is 3.06. The Kier molecular flexibility index (Phi) is 6.67. The topological polar surface area (TPSA) is 49.8 Å². The molecule has 1 rings (SSSR count). The zero-order valence-electron chi connectivity index (χ0n) is 13.1. The van der Waals surface area contributed by atoms with Gasteiger partial charge in [0, 0.05) is 12.1 Å².